The van der Waals surface area contributed by atoms with Crippen LogP contribution in [0, 0.1) is 6.92 Å². The Bertz CT molecular complexity index is 545. The van der Waals surface area contributed by atoms with Gasteiger partial charge in [-0.1, -0.05) is 18.2 Å². The van der Waals surface area contributed by atoms with Gasteiger partial charge in [0, 0.05) is 11.8 Å². The van der Waals surface area contributed by atoms with Gasteiger partial charge in [-0.15, -0.1) is 0 Å². The molecule has 0 saturated carbocycles. The molecule has 1 N–H and O–H groups in total. The van der Waals surface area contributed by atoms with Crippen LogP contribution in [0.25, 0.3) is 0 Å². The number of nitrogens with zero attached hydrogens (tertiary/aromatic N) is 2. The number of aromatic nitrogens is 2. The van der Waals surface area contributed by atoms with Crippen LogP contribution in [0.15, 0.2) is 30.6 Å². The van der Waals surface area contributed by atoms with Crippen LogP contribution >= 0.6 is 0 Å². The van der Waals surface area contributed by atoms with E-state index in [1.807, 2.05) is 25.1 Å². The zero-order valence-corrected chi connectivity index (χ0v) is 8.90. The highest BCUT2D eigenvalue weighted by Crippen LogP contribution is 2.29. The van der Waals surface area contributed by atoms with Crippen molar-refractivity contribution < 1.29 is 4.79 Å². The minimum absolute atomic E-state index is 0.0644. The Morgan fingerprint density at radius 2 is 2.31 bits per heavy atom. The van der Waals surface area contributed by atoms with Crippen molar-refractivity contribution >= 4 is 11.6 Å². The fourth-order valence-electron chi connectivity index (χ4n) is 2.14. The fourth-order valence-corrected chi connectivity index (χ4v) is 2.14. The molecule has 0 radical (unpaired) electrons. The van der Waals surface area contributed by atoms with E-state index in [0.29, 0.717) is 6.54 Å². The van der Waals surface area contributed by atoms with E-state index in [-0.39, 0.29) is 5.91 Å². The molecule has 2 heterocycles. The lowest BCUT2D eigenvalue weighted by molar-refractivity contribution is 0.0996. The summed E-state index contributed by atoms with van der Waals surface area (Å²) in [5.74, 6) is 0.0644. The topological polar surface area (TPSA) is 49.0 Å². The average Bonchev–Trinajstić information content (AvgIpc) is 2.86. The summed E-state index contributed by atoms with van der Waals surface area (Å²) in [5.41, 5.74) is 3.78. The quantitative estimate of drug-likeness (QED) is 0.786. The van der Waals surface area contributed by atoms with E-state index in [2.05, 4.69) is 10.2 Å². The zero-order chi connectivity index (χ0) is 11.1. The van der Waals surface area contributed by atoms with Crippen LogP contribution in [0.1, 0.15) is 21.5 Å². The Morgan fingerprint density at radius 3 is 3.00 bits per heavy atom. The van der Waals surface area contributed by atoms with Crippen molar-refractivity contribution in [2.24, 2.45) is 0 Å². The van der Waals surface area contributed by atoms with E-state index in [9.17, 15) is 4.79 Å². The van der Waals surface area contributed by atoms with Gasteiger partial charge in [-0.05, 0) is 18.1 Å². The number of aromatic amines is 1. The van der Waals surface area contributed by atoms with Gasteiger partial charge < -0.3 is 4.90 Å². The summed E-state index contributed by atoms with van der Waals surface area (Å²) < 4.78 is 0. The van der Waals surface area contributed by atoms with Gasteiger partial charge in [0.05, 0.1) is 18.4 Å². The fraction of sp³-hybridized carbons (Fsp3) is 0.167. The molecular weight excluding hydrogens is 202 g/mol. The van der Waals surface area contributed by atoms with Gasteiger partial charge in [0.15, 0.2) is 0 Å². The van der Waals surface area contributed by atoms with E-state index in [1.54, 1.807) is 17.3 Å². The summed E-state index contributed by atoms with van der Waals surface area (Å²) in [6.07, 6.45) is 3.40. The molecule has 80 valence electrons. The summed E-state index contributed by atoms with van der Waals surface area (Å²) in [7, 11) is 0. The monoisotopic (exact) mass is 213 g/mol. The average molecular weight is 213 g/mol. The lowest BCUT2D eigenvalue weighted by atomic mass is 10.0. The molecule has 2 aromatic rings. The first-order valence-electron chi connectivity index (χ1n) is 5.16. The van der Waals surface area contributed by atoms with Gasteiger partial charge in [0.2, 0.25) is 0 Å². The third-order valence-electron chi connectivity index (χ3n) is 2.94. The SMILES string of the molecule is Cc1cccc2c1C(=O)N(c1cn[nH]c1)C2. The third kappa shape index (κ3) is 1.16. The second-order valence-corrected chi connectivity index (χ2v) is 3.96. The van der Waals surface area contributed by atoms with E-state index in [0.717, 1.165) is 22.4 Å². The van der Waals surface area contributed by atoms with Crippen LogP contribution in [0.4, 0.5) is 5.69 Å². The van der Waals surface area contributed by atoms with E-state index < -0.39 is 0 Å². The largest absolute Gasteiger partial charge is 0.301 e. The molecule has 0 fully saturated rings. The molecular formula is C12H11N3O. The number of anilines is 1. The van der Waals surface area contributed by atoms with Gasteiger partial charge in [-0.25, -0.2) is 0 Å². The molecule has 0 unspecified atom stereocenters. The number of carbonyl (C=O) groups is 1. The summed E-state index contributed by atoms with van der Waals surface area (Å²) in [6.45, 7) is 2.60. The van der Waals surface area contributed by atoms with Crippen LogP contribution in [0.5, 0.6) is 0 Å². The molecule has 1 aliphatic heterocycles. The Balaban J connectivity index is 2.08. The molecule has 1 amide bonds. The predicted molar refractivity (Wildman–Crippen MR) is 60.3 cm³/mol. The zero-order valence-electron chi connectivity index (χ0n) is 8.90. The number of benzene rings is 1. The molecule has 1 aromatic carbocycles. The number of fused-ring (bicyclic) bond motifs is 1. The molecule has 1 aromatic heterocycles. The minimum atomic E-state index is 0.0644. The van der Waals surface area contributed by atoms with E-state index in [4.69, 9.17) is 0 Å². The predicted octanol–water partition coefficient (Wildman–Crippen LogP) is 1.88. The third-order valence-corrected chi connectivity index (χ3v) is 2.94. The number of rotatable bonds is 1. The first-order valence-corrected chi connectivity index (χ1v) is 5.16. The first-order chi connectivity index (χ1) is 7.77. The van der Waals surface area contributed by atoms with Crippen molar-refractivity contribution in [1.82, 2.24) is 10.2 Å². The van der Waals surface area contributed by atoms with Gasteiger partial charge in [-0.2, -0.15) is 5.10 Å². The van der Waals surface area contributed by atoms with Crippen LogP contribution in [-0.4, -0.2) is 16.1 Å². The summed E-state index contributed by atoms with van der Waals surface area (Å²) >= 11 is 0. The number of aryl methyl sites for hydroxylation is 1. The highest BCUT2D eigenvalue weighted by Gasteiger charge is 2.29. The highest BCUT2D eigenvalue weighted by molar-refractivity contribution is 6.10. The van der Waals surface area contributed by atoms with Crippen molar-refractivity contribution in [2.45, 2.75) is 13.5 Å². The number of H-pyrrole nitrogens is 1. The van der Waals surface area contributed by atoms with Gasteiger partial charge in [0.1, 0.15) is 0 Å². The lowest BCUT2D eigenvalue weighted by Gasteiger charge is -2.12. The van der Waals surface area contributed by atoms with Crippen molar-refractivity contribution in [3.63, 3.8) is 0 Å². The van der Waals surface area contributed by atoms with Crippen molar-refractivity contribution in [1.29, 1.82) is 0 Å². The summed E-state index contributed by atoms with van der Waals surface area (Å²) in [6, 6.07) is 5.95. The lowest BCUT2D eigenvalue weighted by Crippen LogP contribution is -2.22. The van der Waals surface area contributed by atoms with E-state index in [1.165, 1.54) is 0 Å². The summed E-state index contributed by atoms with van der Waals surface area (Å²) in [5, 5.41) is 6.59. The summed E-state index contributed by atoms with van der Waals surface area (Å²) in [4.78, 5) is 13.9. The second-order valence-electron chi connectivity index (χ2n) is 3.96. The van der Waals surface area contributed by atoms with E-state index >= 15 is 0 Å². The maximum atomic E-state index is 12.2. The Kier molecular flexibility index (Phi) is 1.83. The molecule has 0 bridgehead atoms. The molecule has 4 nitrogen and oxygen atoms in total. The number of hydrogen-bond acceptors (Lipinski definition) is 2. The van der Waals surface area contributed by atoms with Crippen LogP contribution < -0.4 is 4.90 Å². The van der Waals surface area contributed by atoms with Crippen molar-refractivity contribution in [3.05, 3.63) is 47.3 Å². The van der Waals surface area contributed by atoms with Crippen molar-refractivity contribution in [2.75, 3.05) is 4.90 Å². The van der Waals surface area contributed by atoms with Crippen molar-refractivity contribution in [3.8, 4) is 0 Å². The molecule has 0 saturated heterocycles. The van der Waals surface area contributed by atoms with Crippen LogP contribution in [-0.2, 0) is 6.54 Å². The minimum Gasteiger partial charge on any atom is -0.301 e. The smallest absolute Gasteiger partial charge is 0.259 e. The number of carbonyl (C=O) groups excluding carboxylic acids is 1. The molecule has 0 aliphatic carbocycles. The molecule has 4 heteroatoms. The maximum Gasteiger partial charge on any atom is 0.259 e. The van der Waals surface area contributed by atoms with Gasteiger partial charge in [0.25, 0.3) is 5.91 Å². The van der Waals surface area contributed by atoms with Gasteiger partial charge >= 0.3 is 0 Å². The molecule has 0 atom stereocenters. The van der Waals surface area contributed by atoms with Crippen LogP contribution in [0.3, 0.4) is 0 Å². The van der Waals surface area contributed by atoms with Gasteiger partial charge in [-0.3, -0.25) is 9.89 Å². The molecule has 16 heavy (non-hydrogen) atoms. The molecule has 1 aliphatic rings. The Morgan fingerprint density at radius 1 is 1.44 bits per heavy atom. The Hall–Kier alpha value is -2.10. The molecule has 3 rings (SSSR count). The number of amides is 1. The normalized spacial score (nSPS) is 14.3. The second kappa shape index (κ2) is 3.20. The number of nitrogens with one attached hydrogen (secondary N) is 1. The number of hydrogen-bond donors (Lipinski definition) is 1. The maximum absolute atomic E-state index is 12.2. The highest BCUT2D eigenvalue weighted by atomic mass is 16.2. The van der Waals surface area contributed by atoms with Crippen LogP contribution in [0.2, 0.25) is 0 Å². The Labute approximate surface area is 92.9 Å². The standard InChI is InChI=1S/C12H11N3O/c1-8-3-2-4-9-7-15(12(16)11(8)9)10-5-13-14-6-10/h2-6H,7H2,1H3,(H,13,14). The molecule has 0 spiro atoms. The first kappa shape index (κ1) is 9.15.